The van der Waals surface area contributed by atoms with Gasteiger partial charge in [0.15, 0.2) is 5.78 Å². The summed E-state index contributed by atoms with van der Waals surface area (Å²) in [6, 6.07) is 0. The molecule has 0 saturated carbocycles. The number of nitrogens with zero attached hydrogens (tertiary/aromatic N) is 1. The SMILES string of the molecule is COc1ncc(OC)c2c(C(=O)C(C)=O)c[nH]c12. The van der Waals surface area contributed by atoms with Crippen LogP contribution in [0.4, 0.5) is 0 Å². The molecule has 18 heavy (non-hydrogen) atoms. The van der Waals surface area contributed by atoms with Gasteiger partial charge in [-0.15, -0.1) is 0 Å². The molecule has 1 N–H and O–H groups in total. The smallest absolute Gasteiger partial charge is 0.238 e. The summed E-state index contributed by atoms with van der Waals surface area (Å²) in [5.74, 6) is -0.355. The van der Waals surface area contributed by atoms with Gasteiger partial charge in [-0.1, -0.05) is 0 Å². The number of ether oxygens (including phenoxy) is 2. The summed E-state index contributed by atoms with van der Waals surface area (Å²) in [5.41, 5.74) is 0.788. The van der Waals surface area contributed by atoms with E-state index in [4.69, 9.17) is 9.47 Å². The maximum absolute atomic E-state index is 11.8. The van der Waals surface area contributed by atoms with Crippen molar-refractivity contribution in [3.05, 3.63) is 18.0 Å². The second-order valence-electron chi connectivity index (χ2n) is 3.67. The largest absolute Gasteiger partial charge is 0.494 e. The minimum Gasteiger partial charge on any atom is -0.494 e. The lowest BCUT2D eigenvalue weighted by Crippen LogP contribution is -2.09. The van der Waals surface area contributed by atoms with Gasteiger partial charge in [-0.05, 0) is 0 Å². The number of hydrogen-bond donors (Lipinski definition) is 1. The number of nitrogens with one attached hydrogen (secondary N) is 1. The molecule has 2 rings (SSSR count). The van der Waals surface area contributed by atoms with Crippen molar-refractivity contribution in [3.63, 3.8) is 0 Å². The number of rotatable bonds is 4. The van der Waals surface area contributed by atoms with Gasteiger partial charge in [0.05, 0.1) is 31.4 Å². The standard InChI is InChI=1S/C12H12N2O4/c1-6(15)11(16)7-4-13-10-9(7)8(17-2)5-14-12(10)18-3/h4-5,13H,1-3H3. The number of H-pyrrole nitrogens is 1. The Kier molecular flexibility index (Phi) is 3.01. The molecule has 0 aliphatic rings. The number of carbonyl (C=O) groups is 2. The molecule has 94 valence electrons. The van der Waals surface area contributed by atoms with Gasteiger partial charge in [-0.2, -0.15) is 0 Å². The van der Waals surface area contributed by atoms with E-state index in [0.717, 1.165) is 0 Å². The lowest BCUT2D eigenvalue weighted by Gasteiger charge is -2.05. The summed E-state index contributed by atoms with van der Waals surface area (Å²) in [5, 5.41) is 0.504. The first-order chi connectivity index (χ1) is 8.60. The van der Waals surface area contributed by atoms with Crippen LogP contribution in [0, 0.1) is 0 Å². The van der Waals surface area contributed by atoms with E-state index in [9.17, 15) is 9.59 Å². The fraction of sp³-hybridized carbons (Fsp3) is 0.250. The minimum atomic E-state index is -0.576. The predicted molar refractivity (Wildman–Crippen MR) is 64.2 cm³/mol. The first-order valence-electron chi connectivity index (χ1n) is 5.23. The molecule has 0 spiro atoms. The molecule has 0 saturated heterocycles. The third-order valence-corrected chi connectivity index (χ3v) is 2.62. The van der Waals surface area contributed by atoms with Crippen LogP contribution in [-0.2, 0) is 4.79 Å². The summed E-state index contributed by atoms with van der Waals surface area (Å²) >= 11 is 0. The van der Waals surface area contributed by atoms with E-state index in [-0.39, 0.29) is 5.56 Å². The molecule has 0 unspecified atom stereocenters. The van der Waals surface area contributed by atoms with Gasteiger partial charge in [0, 0.05) is 13.1 Å². The van der Waals surface area contributed by atoms with Crippen molar-refractivity contribution in [3.8, 4) is 11.6 Å². The van der Waals surface area contributed by atoms with Crippen molar-refractivity contribution in [2.75, 3.05) is 14.2 Å². The van der Waals surface area contributed by atoms with E-state index in [2.05, 4.69) is 9.97 Å². The van der Waals surface area contributed by atoms with E-state index in [0.29, 0.717) is 22.5 Å². The monoisotopic (exact) mass is 248 g/mol. The quantitative estimate of drug-likeness (QED) is 0.652. The first kappa shape index (κ1) is 12.1. The Balaban J connectivity index is 2.77. The zero-order valence-corrected chi connectivity index (χ0v) is 10.2. The molecule has 0 amide bonds. The molecule has 0 aromatic carbocycles. The van der Waals surface area contributed by atoms with Crippen molar-refractivity contribution in [1.29, 1.82) is 0 Å². The Morgan fingerprint density at radius 1 is 1.28 bits per heavy atom. The molecule has 0 aliphatic carbocycles. The van der Waals surface area contributed by atoms with E-state index < -0.39 is 11.6 Å². The fourth-order valence-corrected chi connectivity index (χ4v) is 1.77. The number of methoxy groups -OCH3 is 2. The Labute approximate surface area is 103 Å². The number of hydrogen-bond acceptors (Lipinski definition) is 5. The molecular formula is C12H12N2O4. The summed E-state index contributed by atoms with van der Waals surface area (Å²) in [6.07, 6.45) is 2.91. The molecule has 2 aromatic rings. The number of fused-ring (bicyclic) bond motifs is 1. The summed E-state index contributed by atoms with van der Waals surface area (Å²) < 4.78 is 10.2. The van der Waals surface area contributed by atoms with Crippen LogP contribution < -0.4 is 9.47 Å². The van der Waals surface area contributed by atoms with Crippen LogP contribution >= 0.6 is 0 Å². The Bertz CT molecular complexity index is 630. The second-order valence-corrected chi connectivity index (χ2v) is 3.67. The molecule has 6 heteroatoms. The van der Waals surface area contributed by atoms with E-state index in [1.54, 1.807) is 0 Å². The van der Waals surface area contributed by atoms with Crippen LogP contribution in [0.1, 0.15) is 17.3 Å². The molecule has 6 nitrogen and oxygen atoms in total. The third kappa shape index (κ3) is 1.71. The average molecular weight is 248 g/mol. The maximum atomic E-state index is 11.8. The van der Waals surface area contributed by atoms with Gasteiger partial charge < -0.3 is 14.5 Å². The number of carbonyl (C=O) groups excluding carboxylic acids is 2. The number of ketones is 2. The highest BCUT2D eigenvalue weighted by molar-refractivity contribution is 6.45. The molecule has 0 atom stereocenters. The molecule has 2 aromatic heterocycles. The number of Topliss-reactive ketones (excluding diaryl/α,β-unsaturated/α-hetero) is 2. The van der Waals surface area contributed by atoms with Crippen molar-refractivity contribution >= 4 is 22.5 Å². The number of pyridine rings is 1. The van der Waals surface area contributed by atoms with Crippen LogP contribution in [0.2, 0.25) is 0 Å². The first-order valence-corrected chi connectivity index (χ1v) is 5.23. The molecule has 0 aliphatic heterocycles. The van der Waals surface area contributed by atoms with Gasteiger partial charge >= 0.3 is 0 Å². The average Bonchev–Trinajstić information content (AvgIpc) is 2.81. The van der Waals surface area contributed by atoms with Gasteiger partial charge in [0.25, 0.3) is 0 Å². The van der Waals surface area contributed by atoms with E-state index in [1.165, 1.54) is 33.5 Å². The van der Waals surface area contributed by atoms with Crippen LogP contribution in [0.15, 0.2) is 12.4 Å². The number of aromatic amines is 1. The highest BCUT2D eigenvalue weighted by atomic mass is 16.5. The zero-order chi connectivity index (χ0) is 13.3. The van der Waals surface area contributed by atoms with Crippen molar-refractivity contribution < 1.29 is 19.1 Å². The Morgan fingerprint density at radius 2 is 2.00 bits per heavy atom. The highest BCUT2D eigenvalue weighted by Crippen LogP contribution is 2.33. The highest BCUT2D eigenvalue weighted by Gasteiger charge is 2.21. The van der Waals surface area contributed by atoms with Crippen molar-refractivity contribution in [2.45, 2.75) is 6.92 Å². The van der Waals surface area contributed by atoms with Gasteiger partial charge in [0.1, 0.15) is 11.3 Å². The Hall–Kier alpha value is -2.37. The lowest BCUT2D eigenvalue weighted by molar-refractivity contribution is -0.113. The van der Waals surface area contributed by atoms with E-state index >= 15 is 0 Å². The molecular weight excluding hydrogens is 236 g/mol. The molecule has 0 fully saturated rings. The topological polar surface area (TPSA) is 81.3 Å². The van der Waals surface area contributed by atoms with Crippen LogP contribution in [0.3, 0.4) is 0 Å². The maximum Gasteiger partial charge on any atom is 0.238 e. The second kappa shape index (κ2) is 4.48. The molecule has 0 radical (unpaired) electrons. The van der Waals surface area contributed by atoms with Gasteiger partial charge in [0.2, 0.25) is 11.7 Å². The fourth-order valence-electron chi connectivity index (χ4n) is 1.77. The summed E-state index contributed by atoms with van der Waals surface area (Å²) in [7, 11) is 2.94. The normalized spacial score (nSPS) is 10.4. The minimum absolute atomic E-state index is 0.259. The van der Waals surface area contributed by atoms with Crippen LogP contribution in [0.5, 0.6) is 11.6 Å². The third-order valence-electron chi connectivity index (χ3n) is 2.62. The lowest BCUT2D eigenvalue weighted by atomic mass is 10.1. The van der Waals surface area contributed by atoms with Gasteiger partial charge in [-0.25, -0.2) is 4.98 Å². The van der Waals surface area contributed by atoms with E-state index in [1.807, 2.05) is 0 Å². The molecule has 2 heterocycles. The predicted octanol–water partition coefficient (Wildman–Crippen LogP) is 1.35. The Morgan fingerprint density at radius 3 is 2.56 bits per heavy atom. The van der Waals surface area contributed by atoms with Gasteiger partial charge in [-0.3, -0.25) is 9.59 Å². The van der Waals surface area contributed by atoms with Crippen molar-refractivity contribution in [1.82, 2.24) is 9.97 Å². The summed E-state index contributed by atoms with van der Waals surface area (Å²) in [6.45, 7) is 1.23. The zero-order valence-electron chi connectivity index (χ0n) is 10.2. The summed E-state index contributed by atoms with van der Waals surface area (Å²) in [4.78, 5) is 29.9. The van der Waals surface area contributed by atoms with Crippen LogP contribution in [0.25, 0.3) is 10.9 Å². The van der Waals surface area contributed by atoms with Crippen molar-refractivity contribution in [2.24, 2.45) is 0 Å². The number of aromatic nitrogens is 2. The molecule has 0 bridgehead atoms. The van der Waals surface area contributed by atoms with Crippen LogP contribution in [-0.4, -0.2) is 35.8 Å².